The molecule has 1 amide bonds. The molecule has 1 aromatic heterocycles. The van der Waals surface area contributed by atoms with Gasteiger partial charge in [-0.05, 0) is 25.0 Å². The summed E-state index contributed by atoms with van der Waals surface area (Å²) in [7, 11) is -3.90. The lowest BCUT2D eigenvalue weighted by Crippen LogP contribution is -2.41. The molecule has 1 unspecified atom stereocenters. The van der Waals surface area contributed by atoms with E-state index in [-0.39, 0.29) is 39.9 Å². The van der Waals surface area contributed by atoms with E-state index in [9.17, 15) is 13.2 Å². The van der Waals surface area contributed by atoms with Crippen molar-refractivity contribution in [3.8, 4) is 0 Å². The number of nitrogens with zero attached hydrogens (tertiary/aromatic N) is 2. The van der Waals surface area contributed by atoms with Crippen LogP contribution in [0, 0.1) is 0 Å². The summed E-state index contributed by atoms with van der Waals surface area (Å²) in [6.07, 6.45) is 3.83. The van der Waals surface area contributed by atoms with E-state index in [1.165, 1.54) is 12.1 Å². The van der Waals surface area contributed by atoms with Crippen molar-refractivity contribution < 1.29 is 13.2 Å². The zero-order chi connectivity index (χ0) is 20.1. The zero-order valence-electron chi connectivity index (χ0n) is 14.9. The number of aromatic nitrogens is 1. The number of benzene rings is 1. The number of amides is 1. The maximum atomic E-state index is 12.4. The summed E-state index contributed by atoms with van der Waals surface area (Å²) < 4.78 is 27.1. The van der Waals surface area contributed by atoms with Gasteiger partial charge in [0.25, 0.3) is 0 Å². The minimum absolute atomic E-state index is 0.0191. The number of halogens is 2. The van der Waals surface area contributed by atoms with E-state index in [0.29, 0.717) is 6.54 Å². The fourth-order valence-electron chi connectivity index (χ4n) is 3.09. The summed E-state index contributed by atoms with van der Waals surface area (Å²) in [6.45, 7) is 1.38. The molecule has 2 N–H and O–H groups in total. The molecule has 152 valence electrons. The molecule has 3 rings (SSSR count). The van der Waals surface area contributed by atoms with Crippen molar-refractivity contribution in [1.82, 2.24) is 15.0 Å². The van der Waals surface area contributed by atoms with Crippen LogP contribution in [0.1, 0.15) is 19.3 Å². The largest absolute Gasteiger partial charge is 0.354 e. The molecular weight excluding hydrogens is 443 g/mol. The maximum Gasteiger partial charge on any atom is 0.243 e. The number of hydrogen-bond donors (Lipinski definition) is 2. The molecule has 1 aliphatic rings. The Bertz CT molecular complexity index is 902. The number of rotatable bonds is 8. The number of sulfonamides is 1. The molecule has 11 heteroatoms. The first kappa shape index (κ1) is 21.3. The van der Waals surface area contributed by atoms with Gasteiger partial charge in [0.05, 0.1) is 10.0 Å². The quantitative estimate of drug-likeness (QED) is 0.628. The Labute approximate surface area is 178 Å². The molecule has 0 bridgehead atoms. The topological polar surface area (TPSA) is 91.4 Å². The van der Waals surface area contributed by atoms with E-state index >= 15 is 0 Å². The van der Waals surface area contributed by atoms with E-state index in [1.807, 2.05) is 5.38 Å². The fourth-order valence-corrected chi connectivity index (χ4v) is 6.00. The molecule has 2 heterocycles. The molecule has 0 spiro atoms. The second-order valence-corrected chi connectivity index (χ2v) is 9.70. The Morgan fingerprint density at radius 2 is 2.07 bits per heavy atom. The number of carbonyl (C=O) groups is 1. The van der Waals surface area contributed by atoms with Gasteiger partial charge < -0.3 is 10.2 Å². The molecular formula is C17H20Cl2N4O3S2. The van der Waals surface area contributed by atoms with Crippen molar-refractivity contribution in [3.05, 3.63) is 39.8 Å². The Kier molecular flexibility index (Phi) is 7.16. The van der Waals surface area contributed by atoms with Crippen LogP contribution in [0.4, 0.5) is 5.13 Å². The number of thiazole rings is 1. The zero-order valence-corrected chi connectivity index (χ0v) is 18.0. The first-order valence-electron chi connectivity index (χ1n) is 8.75. The van der Waals surface area contributed by atoms with E-state index in [1.54, 1.807) is 23.6 Å². The van der Waals surface area contributed by atoms with E-state index in [4.69, 9.17) is 23.2 Å². The summed E-state index contributed by atoms with van der Waals surface area (Å²) in [4.78, 5) is 18.5. The van der Waals surface area contributed by atoms with Crippen molar-refractivity contribution in [3.63, 3.8) is 0 Å². The van der Waals surface area contributed by atoms with Crippen LogP contribution in [0.15, 0.2) is 34.7 Å². The van der Waals surface area contributed by atoms with Gasteiger partial charge in [0.2, 0.25) is 15.9 Å². The van der Waals surface area contributed by atoms with Crippen molar-refractivity contribution in [2.75, 3.05) is 24.5 Å². The fraction of sp³-hybridized carbons (Fsp3) is 0.412. The highest BCUT2D eigenvalue weighted by molar-refractivity contribution is 7.89. The highest BCUT2D eigenvalue weighted by atomic mass is 35.5. The van der Waals surface area contributed by atoms with Crippen molar-refractivity contribution in [2.24, 2.45) is 0 Å². The van der Waals surface area contributed by atoms with E-state index < -0.39 is 10.0 Å². The maximum absolute atomic E-state index is 12.4. The van der Waals surface area contributed by atoms with Crippen molar-refractivity contribution >= 4 is 55.6 Å². The first-order valence-corrected chi connectivity index (χ1v) is 11.9. The van der Waals surface area contributed by atoms with Crippen LogP contribution in [0.3, 0.4) is 0 Å². The van der Waals surface area contributed by atoms with Crippen LogP contribution in [-0.2, 0) is 14.8 Å². The van der Waals surface area contributed by atoms with E-state index in [0.717, 1.165) is 24.5 Å². The third-order valence-electron chi connectivity index (χ3n) is 4.41. The van der Waals surface area contributed by atoms with Crippen LogP contribution >= 0.6 is 34.5 Å². The van der Waals surface area contributed by atoms with Crippen LogP contribution < -0.4 is 14.9 Å². The van der Waals surface area contributed by atoms with Crippen molar-refractivity contribution in [2.45, 2.75) is 30.2 Å². The molecule has 2 aromatic rings. The lowest BCUT2D eigenvalue weighted by molar-refractivity contribution is -0.120. The Morgan fingerprint density at radius 1 is 1.32 bits per heavy atom. The second kappa shape index (κ2) is 9.41. The standard InChI is InChI=1S/C17H20Cl2N4O3S2/c18-13-4-1-5-14(19)16(13)28(25,26)22-7-6-15(24)21-11-12-3-2-9-23(12)17-20-8-10-27-17/h1,4-5,8,10,12,22H,2-3,6-7,9,11H2,(H,21,24). The predicted octanol–water partition coefficient (Wildman–Crippen LogP) is 2.90. The molecule has 0 aliphatic carbocycles. The third kappa shape index (κ3) is 5.15. The molecule has 1 saturated heterocycles. The summed E-state index contributed by atoms with van der Waals surface area (Å²) in [6, 6.07) is 4.66. The lowest BCUT2D eigenvalue weighted by atomic mass is 10.2. The van der Waals surface area contributed by atoms with Gasteiger partial charge in [0.15, 0.2) is 5.13 Å². The number of carbonyl (C=O) groups excluding carboxylic acids is 1. The van der Waals surface area contributed by atoms with Gasteiger partial charge in [-0.2, -0.15) is 0 Å². The first-order chi connectivity index (χ1) is 13.4. The van der Waals surface area contributed by atoms with E-state index in [2.05, 4.69) is 19.9 Å². The van der Waals surface area contributed by atoms with Gasteiger partial charge in [0.1, 0.15) is 4.90 Å². The average Bonchev–Trinajstić information content (AvgIpc) is 3.30. The number of nitrogens with one attached hydrogen (secondary N) is 2. The van der Waals surface area contributed by atoms with Gasteiger partial charge >= 0.3 is 0 Å². The van der Waals surface area contributed by atoms with Crippen LogP contribution in [0.25, 0.3) is 0 Å². The third-order valence-corrected chi connectivity index (χ3v) is 7.63. The van der Waals surface area contributed by atoms with Gasteiger partial charge in [0, 0.05) is 43.7 Å². The average molecular weight is 463 g/mol. The Morgan fingerprint density at radius 3 is 2.75 bits per heavy atom. The summed E-state index contributed by atoms with van der Waals surface area (Å²) in [5.74, 6) is -0.223. The number of hydrogen-bond acceptors (Lipinski definition) is 6. The normalized spacial score (nSPS) is 17.1. The van der Waals surface area contributed by atoms with Gasteiger partial charge in [-0.15, -0.1) is 11.3 Å². The monoisotopic (exact) mass is 462 g/mol. The molecule has 1 aromatic carbocycles. The predicted molar refractivity (Wildman–Crippen MR) is 112 cm³/mol. The SMILES string of the molecule is O=C(CCNS(=O)(=O)c1c(Cl)cccc1Cl)NCC1CCCN1c1nccs1. The lowest BCUT2D eigenvalue weighted by Gasteiger charge is -2.24. The van der Waals surface area contributed by atoms with Gasteiger partial charge in [-0.1, -0.05) is 29.3 Å². The minimum Gasteiger partial charge on any atom is -0.354 e. The molecule has 7 nitrogen and oxygen atoms in total. The molecule has 1 atom stereocenters. The van der Waals surface area contributed by atoms with Crippen LogP contribution in [-0.4, -0.2) is 45.0 Å². The highest BCUT2D eigenvalue weighted by Gasteiger charge is 2.26. The molecule has 0 radical (unpaired) electrons. The summed E-state index contributed by atoms with van der Waals surface area (Å²) in [5, 5.41) is 5.84. The van der Waals surface area contributed by atoms with Gasteiger partial charge in [-0.25, -0.2) is 18.1 Å². The number of anilines is 1. The Balaban J connectivity index is 1.47. The molecule has 1 aliphatic heterocycles. The van der Waals surface area contributed by atoms with Crippen LogP contribution in [0.2, 0.25) is 10.0 Å². The second-order valence-electron chi connectivity index (χ2n) is 6.31. The Hall–Kier alpha value is -1.39. The highest BCUT2D eigenvalue weighted by Crippen LogP contribution is 2.29. The molecule has 1 fully saturated rings. The van der Waals surface area contributed by atoms with Crippen LogP contribution in [0.5, 0.6) is 0 Å². The summed E-state index contributed by atoms with van der Waals surface area (Å²) >= 11 is 13.5. The summed E-state index contributed by atoms with van der Waals surface area (Å²) in [5.41, 5.74) is 0. The van der Waals surface area contributed by atoms with Crippen molar-refractivity contribution in [1.29, 1.82) is 0 Å². The molecule has 0 saturated carbocycles. The molecule has 28 heavy (non-hydrogen) atoms. The smallest absolute Gasteiger partial charge is 0.243 e. The van der Waals surface area contributed by atoms with Gasteiger partial charge in [-0.3, -0.25) is 4.79 Å². The minimum atomic E-state index is -3.90.